The summed E-state index contributed by atoms with van der Waals surface area (Å²) < 4.78 is 6.79. The number of amides is 3. The summed E-state index contributed by atoms with van der Waals surface area (Å²) >= 11 is 0. The van der Waals surface area contributed by atoms with Crippen LogP contribution in [0.25, 0.3) is 5.69 Å². The van der Waals surface area contributed by atoms with Crippen LogP contribution in [-0.4, -0.2) is 71.4 Å². The number of aromatic nitrogens is 2. The van der Waals surface area contributed by atoms with E-state index in [-0.39, 0.29) is 18.5 Å². The molecular formula is C20H27N5O3. The number of nitrogens with zero attached hydrogens (tertiary/aromatic N) is 4. The molecule has 0 bridgehead atoms. The SMILES string of the molecule is COCC(=O)N1CCCN(C(=O)Nc2ccc(-n3nc(C)cc3C)cc2)CC1. The van der Waals surface area contributed by atoms with Crippen LogP contribution in [-0.2, 0) is 9.53 Å². The van der Waals surface area contributed by atoms with E-state index in [4.69, 9.17) is 4.74 Å². The van der Waals surface area contributed by atoms with E-state index in [2.05, 4.69) is 10.4 Å². The second kappa shape index (κ2) is 8.88. The molecule has 1 N–H and O–H groups in total. The lowest BCUT2D eigenvalue weighted by molar-refractivity contribution is -0.134. The number of benzene rings is 1. The molecule has 3 rings (SSSR count). The smallest absolute Gasteiger partial charge is 0.321 e. The second-order valence-corrected chi connectivity index (χ2v) is 6.97. The van der Waals surface area contributed by atoms with E-state index in [0.717, 1.165) is 29.2 Å². The molecule has 0 saturated carbocycles. The molecule has 0 unspecified atom stereocenters. The Morgan fingerprint density at radius 3 is 2.39 bits per heavy atom. The van der Waals surface area contributed by atoms with Gasteiger partial charge < -0.3 is 19.9 Å². The minimum absolute atomic E-state index is 0.0375. The fraction of sp³-hybridized carbons (Fsp3) is 0.450. The number of carbonyl (C=O) groups excluding carboxylic acids is 2. The van der Waals surface area contributed by atoms with Crippen LogP contribution in [0, 0.1) is 13.8 Å². The number of ether oxygens (including phenoxy) is 1. The van der Waals surface area contributed by atoms with Gasteiger partial charge in [0, 0.05) is 44.7 Å². The van der Waals surface area contributed by atoms with Crippen molar-refractivity contribution in [1.82, 2.24) is 19.6 Å². The van der Waals surface area contributed by atoms with E-state index in [1.54, 1.807) is 9.80 Å². The molecule has 8 nitrogen and oxygen atoms in total. The molecule has 1 aromatic carbocycles. The van der Waals surface area contributed by atoms with Crippen molar-refractivity contribution in [2.45, 2.75) is 20.3 Å². The summed E-state index contributed by atoms with van der Waals surface area (Å²) in [6, 6.07) is 9.48. The van der Waals surface area contributed by atoms with E-state index >= 15 is 0 Å². The first kappa shape index (κ1) is 19.9. The average Bonchev–Trinajstić information content (AvgIpc) is 2.86. The first-order valence-electron chi connectivity index (χ1n) is 9.44. The zero-order valence-corrected chi connectivity index (χ0v) is 16.6. The largest absolute Gasteiger partial charge is 0.375 e. The Bertz CT molecular complexity index is 831. The molecule has 28 heavy (non-hydrogen) atoms. The third-order valence-corrected chi connectivity index (χ3v) is 4.78. The number of anilines is 1. The van der Waals surface area contributed by atoms with Gasteiger partial charge in [0.25, 0.3) is 0 Å². The Hall–Kier alpha value is -2.87. The summed E-state index contributed by atoms with van der Waals surface area (Å²) in [5.74, 6) is -0.0375. The van der Waals surface area contributed by atoms with Crippen LogP contribution in [0.5, 0.6) is 0 Å². The van der Waals surface area contributed by atoms with Gasteiger partial charge in [-0.25, -0.2) is 9.48 Å². The normalized spacial score (nSPS) is 14.7. The van der Waals surface area contributed by atoms with Gasteiger partial charge in [0.1, 0.15) is 6.61 Å². The number of aryl methyl sites for hydroxylation is 2. The van der Waals surface area contributed by atoms with Crippen LogP contribution in [0.4, 0.5) is 10.5 Å². The van der Waals surface area contributed by atoms with Crippen molar-refractivity contribution in [3.8, 4) is 5.69 Å². The van der Waals surface area contributed by atoms with Gasteiger partial charge in [-0.05, 0) is 50.6 Å². The van der Waals surface area contributed by atoms with Crippen molar-refractivity contribution in [2.75, 3.05) is 45.2 Å². The van der Waals surface area contributed by atoms with Crippen LogP contribution in [0.3, 0.4) is 0 Å². The van der Waals surface area contributed by atoms with Crippen molar-refractivity contribution in [1.29, 1.82) is 0 Å². The average molecular weight is 385 g/mol. The standard InChI is InChI=1S/C20H27N5O3/c1-15-13-16(2)25(22-15)18-7-5-17(6-8-18)21-20(27)24-10-4-9-23(11-12-24)19(26)14-28-3/h5-8,13H,4,9-12,14H2,1-3H3,(H,21,27). The topological polar surface area (TPSA) is 79.7 Å². The van der Waals surface area contributed by atoms with Crippen LogP contribution in [0.1, 0.15) is 17.8 Å². The molecule has 1 aromatic heterocycles. The van der Waals surface area contributed by atoms with Gasteiger partial charge in [-0.15, -0.1) is 0 Å². The number of methoxy groups -OCH3 is 1. The Labute approximate surface area is 165 Å². The number of nitrogens with one attached hydrogen (secondary N) is 1. The number of rotatable bonds is 4. The van der Waals surface area contributed by atoms with Crippen LogP contribution >= 0.6 is 0 Å². The number of urea groups is 1. The highest BCUT2D eigenvalue weighted by atomic mass is 16.5. The van der Waals surface area contributed by atoms with Crippen molar-refractivity contribution < 1.29 is 14.3 Å². The van der Waals surface area contributed by atoms with E-state index < -0.39 is 0 Å². The minimum Gasteiger partial charge on any atom is -0.375 e. The highest BCUT2D eigenvalue weighted by Gasteiger charge is 2.22. The van der Waals surface area contributed by atoms with Crippen molar-refractivity contribution in [2.24, 2.45) is 0 Å². The molecule has 1 saturated heterocycles. The summed E-state index contributed by atoms with van der Waals surface area (Å²) in [6.45, 7) is 6.33. The summed E-state index contributed by atoms with van der Waals surface area (Å²) in [5, 5.41) is 7.41. The summed E-state index contributed by atoms with van der Waals surface area (Å²) in [6.07, 6.45) is 0.750. The summed E-state index contributed by atoms with van der Waals surface area (Å²) in [4.78, 5) is 28.1. The van der Waals surface area contributed by atoms with E-state index in [1.807, 2.05) is 48.9 Å². The van der Waals surface area contributed by atoms with Crippen molar-refractivity contribution >= 4 is 17.6 Å². The zero-order valence-electron chi connectivity index (χ0n) is 16.6. The van der Waals surface area contributed by atoms with E-state index in [1.165, 1.54) is 7.11 Å². The van der Waals surface area contributed by atoms with Gasteiger partial charge in [0.05, 0.1) is 11.4 Å². The lowest BCUT2D eigenvalue weighted by atomic mass is 10.2. The lowest BCUT2D eigenvalue weighted by Gasteiger charge is -2.22. The van der Waals surface area contributed by atoms with Gasteiger partial charge >= 0.3 is 6.03 Å². The molecule has 8 heteroatoms. The Balaban J connectivity index is 1.58. The summed E-state index contributed by atoms with van der Waals surface area (Å²) in [5.41, 5.74) is 3.71. The molecular weight excluding hydrogens is 358 g/mol. The molecule has 0 spiro atoms. The maximum Gasteiger partial charge on any atom is 0.321 e. The molecule has 2 heterocycles. The predicted octanol–water partition coefficient (Wildman–Crippen LogP) is 2.20. The fourth-order valence-corrected chi connectivity index (χ4v) is 3.36. The molecule has 150 valence electrons. The summed E-state index contributed by atoms with van der Waals surface area (Å²) in [7, 11) is 1.51. The molecule has 3 amide bonds. The third kappa shape index (κ3) is 4.69. The minimum atomic E-state index is -0.153. The highest BCUT2D eigenvalue weighted by Crippen LogP contribution is 2.16. The van der Waals surface area contributed by atoms with Gasteiger partial charge in [0.15, 0.2) is 0 Å². The quantitative estimate of drug-likeness (QED) is 0.875. The maximum atomic E-state index is 12.6. The van der Waals surface area contributed by atoms with Gasteiger partial charge in [-0.3, -0.25) is 4.79 Å². The zero-order chi connectivity index (χ0) is 20.1. The van der Waals surface area contributed by atoms with Crippen molar-refractivity contribution in [3.63, 3.8) is 0 Å². The monoisotopic (exact) mass is 385 g/mol. The fourth-order valence-electron chi connectivity index (χ4n) is 3.36. The van der Waals surface area contributed by atoms with E-state index in [0.29, 0.717) is 26.2 Å². The Morgan fingerprint density at radius 2 is 1.75 bits per heavy atom. The van der Waals surface area contributed by atoms with Crippen LogP contribution in [0.15, 0.2) is 30.3 Å². The lowest BCUT2D eigenvalue weighted by Crippen LogP contribution is -2.40. The van der Waals surface area contributed by atoms with Crippen LogP contribution in [0.2, 0.25) is 0 Å². The molecule has 0 radical (unpaired) electrons. The second-order valence-electron chi connectivity index (χ2n) is 6.97. The highest BCUT2D eigenvalue weighted by molar-refractivity contribution is 5.89. The molecule has 1 aliphatic heterocycles. The molecule has 1 fully saturated rings. The molecule has 2 aromatic rings. The van der Waals surface area contributed by atoms with Gasteiger partial charge in [0.2, 0.25) is 5.91 Å². The first-order chi connectivity index (χ1) is 13.5. The third-order valence-electron chi connectivity index (χ3n) is 4.78. The molecule has 0 aliphatic carbocycles. The number of hydrogen-bond acceptors (Lipinski definition) is 4. The number of hydrogen-bond donors (Lipinski definition) is 1. The van der Waals surface area contributed by atoms with Crippen molar-refractivity contribution in [3.05, 3.63) is 41.7 Å². The Kier molecular flexibility index (Phi) is 6.30. The first-order valence-corrected chi connectivity index (χ1v) is 9.44. The Morgan fingerprint density at radius 1 is 1.07 bits per heavy atom. The predicted molar refractivity (Wildman–Crippen MR) is 107 cm³/mol. The van der Waals surface area contributed by atoms with Gasteiger partial charge in [-0.1, -0.05) is 0 Å². The molecule has 0 atom stereocenters. The number of carbonyl (C=O) groups is 2. The van der Waals surface area contributed by atoms with E-state index in [9.17, 15) is 9.59 Å². The molecule has 1 aliphatic rings. The van der Waals surface area contributed by atoms with Crippen LogP contribution < -0.4 is 5.32 Å². The van der Waals surface area contributed by atoms with Gasteiger partial charge in [-0.2, -0.15) is 5.10 Å². The maximum absolute atomic E-state index is 12.6.